The number of aryl methyl sites for hydroxylation is 6. The van der Waals surface area contributed by atoms with Crippen LogP contribution in [0.25, 0.3) is 34.2 Å². The summed E-state index contributed by atoms with van der Waals surface area (Å²) >= 11 is 0. The molecule has 0 saturated carbocycles. The molecule has 0 atom stereocenters. The van der Waals surface area contributed by atoms with Gasteiger partial charge in [-0.25, -0.2) is 9.36 Å². The van der Waals surface area contributed by atoms with Gasteiger partial charge in [0.05, 0.1) is 23.8 Å². The highest BCUT2D eigenvalue weighted by atomic mass is 15.4. The summed E-state index contributed by atoms with van der Waals surface area (Å²) < 4.78 is 3.60. The summed E-state index contributed by atoms with van der Waals surface area (Å²) in [7, 11) is 0. The molecule has 8 heteroatoms. The fourth-order valence-electron chi connectivity index (χ4n) is 4.65. The topological polar surface area (TPSA) is 87.2 Å². The van der Waals surface area contributed by atoms with Crippen LogP contribution in [0.4, 0.5) is 0 Å². The van der Waals surface area contributed by atoms with Gasteiger partial charge in [-0.15, -0.1) is 20.4 Å². The van der Waals surface area contributed by atoms with Crippen LogP contribution < -0.4 is 0 Å². The van der Waals surface area contributed by atoms with Crippen molar-refractivity contribution in [3.63, 3.8) is 0 Å². The maximum absolute atomic E-state index is 4.38. The smallest absolute Gasteiger partial charge is 0.133 e. The second kappa shape index (κ2) is 8.30. The molecule has 0 aliphatic rings. The largest absolute Gasteiger partial charge is 0.220 e. The average molecular weight is 451 g/mol. The number of rotatable bonds is 4. The van der Waals surface area contributed by atoms with E-state index in [9.17, 15) is 0 Å². The molecule has 0 spiro atoms. The minimum atomic E-state index is 0.648. The molecule has 170 valence electrons. The van der Waals surface area contributed by atoms with E-state index in [4.69, 9.17) is 0 Å². The van der Waals surface area contributed by atoms with Crippen molar-refractivity contribution in [1.29, 1.82) is 0 Å². The third kappa shape index (κ3) is 3.87. The van der Waals surface area contributed by atoms with E-state index >= 15 is 0 Å². The molecule has 0 radical (unpaired) electrons. The lowest BCUT2D eigenvalue weighted by Crippen LogP contribution is -2.01. The molecule has 0 unspecified atom stereocenters. The average Bonchev–Trinajstić information content (AvgIpc) is 3.43. The summed E-state index contributed by atoms with van der Waals surface area (Å²) in [5.41, 5.74) is 11.7. The zero-order valence-corrected chi connectivity index (χ0v) is 20.2. The summed E-state index contributed by atoms with van der Waals surface area (Å²) in [6, 6.07) is 12.3. The van der Waals surface area contributed by atoms with Crippen molar-refractivity contribution in [3.8, 4) is 34.2 Å². The first-order chi connectivity index (χ1) is 16.3. The Bertz CT molecular complexity index is 1350. The minimum Gasteiger partial charge on any atom is -0.220 e. The van der Waals surface area contributed by atoms with Gasteiger partial charge in [-0.05, 0) is 75.9 Å². The fraction of sp³-hybridized carbons (Fsp3) is 0.231. The Balaban J connectivity index is 1.42. The third-order valence-electron chi connectivity index (χ3n) is 5.91. The van der Waals surface area contributed by atoms with Gasteiger partial charge in [0.2, 0.25) is 0 Å². The van der Waals surface area contributed by atoms with E-state index in [2.05, 4.69) is 96.6 Å². The standard InChI is InChI=1S/C26H26N8/c1-15-9-17(3)25(18(4)10-15)33-13-23(29-31-33)21-7-8-22(28-27-21)24-14-34(32-30-24)26-19(5)11-16(2)12-20(26)6/h7-14H,1-6H3. The Hall–Kier alpha value is -4.20. The highest BCUT2D eigenvalue weighted by molar-refractivity contribution is 5.59. The van der Waals surface area contributed by atoms with Crippen LogP contribution in [0.5, 0.6) is 0 Å². The Morgan fingerprint density at radius 3 is 1.15 bits per heavy atom. The molecule has 0 saturated heterocycles. The molecule has 0 bridgehead atoms. The SMILES string of the molecule is Cc1cc(C)c(-n2cc(-c3ccc(-c4cn(-c5c(C)cc(C)cc5C)nn4)nn3)nn2)c(C)c1. The van der Waals surface area contributed by atoms with Crippen LogP contribution in [0.2, 0.25) is 0 Å². The predicted molar refractivity (Wildman–Crippen MR) is 131 cm³/mol. The number of nitrogens with zero attached hydrogens (tertiary/aromatic N) is 8. The normalized spacial score (nSPS) is 11.2. The highest BCUT2D eigenvalue weighted by Gasteiger charge is 2.14. The summed E-state index contributed by atoms with van der Waals surface area (Å²) in [5, 5.41) is 26.0. The lowest BCUT2D eigenvalue weighted by Gasteiger charge is -2.10. The highest BCUT2D eigenvalue weighted by Crippen LogP contribution is 2.24. The molecular formula is C26H26N8. The molecule has 5 aromatic rings. The van der Waals surface area contributed by atoms with Gasteiger partial charge < -0.3 is 0 Å². The van der Waals surface area contributed by atoms with E-state index in [1.54, 1.807) is 9.36 Å². The molecule has 0 aliphatic heterocycles. The van der Waals surface area contributed by atoms with E-state index in [0.29, 0.717) is 22.8 Å². The van der Waals surface area contributed by atoms with E-state index < -0.39 is 0 Å². The summed E-state index contributed by atoms with van der Waals surface area (Å²) in [6.45, 7) is 12.5. The van der Waals surface area contributed by atoms with Crippen molar-refractivity contribution in [3.05, 3.63) is 82.2 Å². The lowest BCUT2D eigenvalue weighted by molar-refractivity contribution is 0.793. The first-order valence-corrected chi connectivity index (χ1v) is 11.2. The monoisotopic (exact) mass is 450 g/mol. The van der Waals surface area contributed by atoms with Crippen LogP contribution >= 0.6 is 0 Å². The molecule has 0 N–H and O–H groups in total. The van der Waals surface area contributed by atoms with E-state index in [1.807, 2.05) is 24.5 Å². The van der Waals surface area contributed by atoms with Crippen molar-refractivity contribution < 1.29 is 0 Å². The van der Waals surface area contributed by atoms with Crippen LogP contribution in [-0.4, -0.2) is 40.2 Å². The molecule has 0 fully saturated rings. The first kappa shape index (κ1) is 21.6. The van der Waals surface area contributed by atoms with Crippen LogP contribution in [0.1, 0.15) is 33.4 Å². The summed E-state index contributed by atoms with van der Waals surface area (Å²) in [5.74, 6) is 0. The lowest BCUT2D eigenvalue weighted by atomic mass is 10.1. The van der Waals surface area contributed by atoms with Gasteiger partial charge in [-0.1, -0.05) is 45.8 Å². The Kier molecular flexibility index (Phi) is 5.28. The maximum Gasteiger partial charge on any atom is 0.133 e. The van der Waals surface area contributed by atoms with Crippen molar-refractivity contribution in [2.45, 2.75) is 41.5 Å². The molecule has 8 nitrogen and oxygen atoms in total. The van der Waals surface area contributed by atoms with Gasteiger partial charge in [0, 0.05) is 0 Å². The van der Waals surface area contributed by atoms with E-state index in [1.165, 1.54) is 11.1 Å². The number of hydrogen-bond acceptors (Lipinski definition) is 6. The summed E-state index contributed by atoms with van der Waals surface area (Å²) in [6.07, 6.45) is 3.77. The van der Waals surface area contributed by atoms with Gasteiger partial charge in [-0.3, -0.25) is 0 Å². The van der Waals surface area contributed by atoms with Gasteiger partial charge in [0.1, 0.15) is 22.8 Å². The number of benzene rings is 2. The van der Waals surface area contributed by atoms with E-state index in [-0.39, 0.29) is 0 Å². The number of aromatic nitrogens is 8. The van der Waals surface area contributed by atoms with Crippen LogP contribution in [0.3, 0.4) is 0 Å². The molecule has 0 aliphatic carbocycles. The van der Waals surface area contributed by atoms with Crippen molar-refractivity contribution >= 4 is 0 Å². The first-order valence-electron chi connectivity index (χ1n) is 11.2. The maximum atomic E-state index is 4.38. The van der Waals surface area contributed by atoms with Crippen LogP contribution in [0.15, 0.2) is 48.8 Å². The Morgan fingerprint density at radius 2 is 0.824 bits per heavy atom. The van der Waals surface area contributed by atoms with Gasteiger partial charge in [-0.2, -0.15) is 0 Å². The van der Waals surface area contributed by atoms with Crippen molar-refractivity contribution in [2.24, 2.45) is 0 Å². The molecule has 0 amide bonds. The predicted octanol–water partition coefficient (Wildman–Crippen LogP) is 4.82. The Morgan fingerprint density at radius 1 is 0.471 bits per heavy atom. The van der Waals surface area contributed by atoms with Crippen molar-refractivity contribution in [1.82, 2.24) is 40.2 Å². The zero-order chi connectivity index (χ0) is 24.0. The summed E-state index contributed by atoms with van der Waals surface area (Å²) in [4.78, 5) is 0. The van der Waals surface area contributed by atoms with Gasteiger partial charge >= 0.3 is 0 Å². The third-order valence-corrected chi connectivity index (χ3v) is 5.91. The number of hydrogen-bond donors (Lipinski definition) is 0. The molecular weight excluding hydrogens is 424 g/mol. The van der Waals surface area contributed by atoms with Gasteiger partial charge in [0.15, 0.2) is 0 Å². The Labute approximate surface area is 198 Å². The molecule has 2 aromatic carbocycles. The minimum absolute atomic E-state index is 0.648. The molecule has 34 heavy (non-hydrogen) atoms. The molecule has 3 heterocycles. The molecule has 5 rings (SSSR count). The second-order valence-corrected chi connectivity index (χ2v) is 8.90. The fourth-order valence-corrected chi connectivity index (χ4v) is 4.65. The molecule has 3 aromatic heterocycles. The van der Waals surface area contributed by atoms with E-state index in [0.717, 1.165) is 33.6 Å². The van der Waals surface area contributed by atoms with Crippen molar-refractivity contribution in [2.75, 3.05) is 0 Å². The van der Waals surface area contributed by atoms with Crippen LogP contribution in [0, 0.1) is 41.5 Å². The second-order valence-electron chi connectivity index (χ2n) is 8.90. The zero-order valence-electron chi connectivity index (χ0n) is 20.2. The quantitative estimate of drug-likeness (QED) is 0.390. The van der Waals surface area contributed by atoms with Gasteiger partial charge in [0.25, 0.3) is 0 Å². The van der Waals surface area contributed by atoms with Crippen LogP contribution in [-0.2, 0) is 0 Å².